The van der Waals surface area contributed by atoms with E-state index in [4.69, 9.17) is 5.53 Å². The average molecular weight is 233 g/mol. The Morgan fingerprint density at radius 1 is 1.59 bits per heavy atom. The molecule has 1 aromatic carbocycles. The number of hydrogen-bond donors (Lipinski definition) is 0. The lowest BCUT2D eigenvalue weighted by Crippen LogP contribution is -1.96. The second-order valence-corrected chi connectivity index (χ2v) is 3.43. The molecule has 0 amide bonds. The molecule has 0 aromatic heterocycles. The van der Waals surface area contributed by atoms with Crippen molar-refractivity contribution in [1.29, 1.82) is 0 Å². The molecule has 88 valence electrons. The number of ketones is 1. The van der Waals surface area contributed by atoms with E-state index in [-0.39, 0.29) is 5.78 Å². The highest BCUT2D eigenvalue weighted by Gasteiger charge is 2.05. The lowest BCUT2D eigenvalue weighted by molar-refractivity contribution is 0.101. The van der Waals surface area contributed by atoms with Crippen molar-refractivity contribution >= 4 is 11.9 Å². The summed E-state index contributed by atoms with van der Waals surface area (Å²) in [4.78, 5) is 13.9. The lowest BCUT2D eigenvalue weighted by Gasteiger charge is -2.02. The van der Waals surface area contributed by atoms with E-state index in [1.54, 1.807) is 18.2 Å². The van der Waals surface area contributed by atoms with Crippen LogP contribution < -0.4 is 0 Å². The average Bonchev–Trinajstić information content (AvgIpc) is 2.30. The van der Waals surface area contributed by atoms with Gasteiger partial charge in [0, 0.05) is 17.0 Å². The van der Waals surface area contributed by atoms with E-state index in [1.165, 1.54) is 19.1 Å². The van der Waals surface area contributed by atoms with Crippen LogP contribution in [0, 0.1) is 5.82 Å². The second-order valence-electron chi connectivity index (χ2n) is 3.43. The summed E-state index contributed by atoms with van der Waals surface area (Å²) in [6.07, 6.45) is 4.09. The molecular formula is C12H12FN3O. The largest absolute Gasteiger partial charge is 0.294 e. The molecule has 0 unspecified atom stereocenters. The van der Waals surface area contributed by atoms with Crippen molar-refractivity contribution in [2.75, 3.05) is 6.54 Å². The number of benzene rings is 1. The lowest BCUT2D eigenvalue weighted by atomic mass is 10.0. The zero-order valence-corrected chi connectivity index (χ0v) is 9.43. The number of halogens is 1. The molecule has 1 rings (SSSR count). The van der Waals surface area contributed by atoms with Crippen molar-refractivity contribution in [3.8, 4) is 0 Å². The van der Waals surface area contributed by atoms with E-state index >= 15 is 0 Å². The highest BCUT2D eigenvalue weighted by Crippen LogP contribution is 2.14. The summed E-state index contributed by atoms with van der Waals surface area (Å²) in [7, 11) is 0. The Hall–Kier alpha value is -2.13. The predicted molar refractivity (Wildman–Crippen MR) is 64.1 cm³/mol. The first-order chi connectivity index (χ1) is 8.15. The van der Waals surface area contributed by atoms with E-state index in [9.17, 15) is 9.18 Å². The Kier molecular flexibility index (Phi) is 4.91. The third kappa shape index (κ3) is 4.09. The predicted octanol–water partition coefficient (Wildman–Crippen LogP) is 3.74. The number of Topliss-reactive ketones (excluding diaryl/α,β-unsaturated/α-hetero) is 1. The molecule has 0 aliphatic carbocycles. The molecule has 0 aliphatic rings. The maximum Gasteiger partial charge on any atom is 0.160 e. The zero-order chi connectivity index (χ0) is 12.7. The summed E-state index contributed by atoms with van der Waals surface area (Å²) >= 11 is 0. The summed E-state index contributed by atoms with van der Waals surface area (Å²) in [6.45, 7) is 1.76. The molecule has 0 aliphatic heterocycles. The fourth-order valence-corrected chi connectivity index (χ4v) is 1.37. The summed E-state index contributed by atoms with van der Waals surface area (Å²) < 4.78 is 13.0. The highest BCUT2D eigenvalue weighted by atomic mass is 19.1. The number of nitrogens with zero attached hydrogens (tertiary/aromatic N) is 3. The number of carbonyl (C=O) groups excluding carboxylic acids is 1. The Morgan fingerprint density at radius 3 is 3.00 bits per heavy atom. The van der Waals surface area contributed by atoms with Gasteiger partial charge in [0.1, 0.15) is 5.82 Å². The van der Waals surface area contributed by atoms with Gasteiger partial charge in [-0.25, -0.2) is 4.39 Å². The first kappa shape index (κ1) is 12.9. The smallest absolute Gasteiger partial charge is 0.160 e. The van der Waals surface area contributed by atoms with Crippen LogP contribution in [-0.2, 0) is 0 Å². The van der Waals surface area contributed by atoms with Gasteiger partial charge in [-0.15, -0.1) is 0 Å². The van der Waals surface area contributed by atoms with Crippen LogP contribution >= 0.6 is 0 Å². The van der Waals surface area contributed by atoms with Crippen LogP contribution in [0.15, 0.2) is 29.4 Å². The Morgan fingerprint density at radius 2 is 2.35 bits per heavy atom. The first-order valence-electron chi connectivity index (χ1n) is 5.13. The van der Waals surface area contributed by atoms with Crippen molar-refractivity contribution in [3.63, 3.8) is 0 Å². The van der Waals surface area contributed by atoms with Crippen LogP contribution in [0.1, 0.15) is 29.3 Å². The van der Waals surface area contributed by atoms with Gasteiger partial charge in [-0.3, -0.25) is 4.79 Å². The molecular weight excluding hydrogens is 221 g/mol. The second kappa shape index (κ2) is 6.45. The van der Waals surface area contributed by atoms with Crippen LogP contribution in [0.2, 0.25) is 0 Å². The number of carbonyl (C=O) groups is 1. The van der Waals surface area contributed by atoms with Crippen LogP contribution in [0.25, 0.3) is 16.5 Å². The first-order valence-corrected chi connectivity index (χ1v) is 5.13. The third-order valence-electron chi connectivity index (χ3n) is 2.15. The molecule has 5 heteroatoms. The maximum atomic E-state index is 13.0. The van der Waals surface area contributed by atoms with Gasteiger partial charge >= 0.3 is 0 Å². The maximum absolute atomic E-state index is 13.0. The minimum absolute atomic E-state index is 0.181. The van der Waals surface area contributed by atoms with Gasteiger partial charge in [-0.1, -0.05) is 23.3 Å². The Balaban J connectivity index is 2.83. The molecule has 17 heavy (non-hydrogen) atoms. The van der Waals surface area contributed by atoms with Gasteiger partial charge in [0.05, 0.1) is 0 Å². The van der Waals surface area contributed by atoms with Crippen molar-refractivity contribution in [3.05, 3.63) is 51.7 Å². The van der Waals surface area contributed by atoms with Gasteiger partial charge < -0.3 is 0 Å². The Bertz CT molecular complexity index is 491. The number of azide groups is 1. The molecule has 0 saturated carbocycles. The van der Waals surface area contributed by atoms with E-state index in [1.807, 2.05) is 0 Å². The molecule has 0 radical (unpaired) electrons. The molecule has 4 nitrogen and oxygen atoms in total. The standard InChI is InChI=1S/C12H12FN3O/c1-9(17)12-8-11(13)6-5-10(12)4-2-3-7-15-16-14/h2,4-6,8H,3,7H2,1H3. The van der Waals surface area contributed by atoms with Gasteiger partial charge in [-0.2, -0.15) is 0 Å². The fourth-order valence-electron chi connectivity index (χ4n) is 1.37. The van der Waals surface area contributed by atoms with Gasteiger partial charge in [0.2, 0.25) is 0 Å². The normalized spacial score (nSPS) is 10.2. The molecule has 0 bridgehead atoms. The van der Waals surface area contributed by atoms with Crippen LogP contribution in [0.4, 0.5) is 4.39 Å². The minimum Gasteiger partial charge on any atom is -0.294 e. The molecule has 0 spiro atoms. The monoisotopic (exact) mass is 233 g/mol. The molecule has 0 N–H and O–H groups in total. The van der Waals surface area contributed by atoms with E-state index in [2.05, 4.69) is 10.0 Å². The van der Waals surface area contributed by atoms with Crippen LogP contribution in [0.5, 0.6) is 0 Å². The van der Waals surface area contributed by atoms with Gasteiger partial charge in [0.25, 0.3) is 0 Å². The zero-order valence-electron chi connectivity index (χ0n) is 9.43. The third-order valence-corrected chi connectivity index (χ3v) is 2.15. The van der Waals surface area contributed by atoms with Crippen molar-refractivity contribution in [2.45, 2.75) is 13.3 Å². The molecule has 0 saturated heterocycles. The van der Waals surface area contributed by atoms with Gasteiger partial charge in [-0.05, 0) is 36.6 Å². The topological polar surface area (TPSA) is 65.8 Å². The van der Waals surface area contributed by atoms with Crippen molar-refractivity contribution < 1.29 is 9.18 Å². The fraction of sp³-hybridized carbons (Fsp3) is 0.250. The number of rotatable bonds is 5. The van der Waals surface area contributed by atoms with Gasteiger partial charge in [0.15, 0.2) is 5.78 Å². The highest BCUT2D eigenvalue weighted by molar-refractivity contribution is 5.97. The van der Waals surface area contributed by atoms with E-state index < -0.39 is 5.82 Å². The molecule has 1 aromatic rings. The molecule has 0 heterocycles. The summed E-state index contributed by atoms with van der Waals surface area (Å²) in [5, 5.41) is 3.38. The van der Waals surface area contributed by atoms with Crippen molar-refractivity contribution in [2.24, 2.45) is 5.11 Å². The number of hydrogen-bond acceptors (Lipinski definition) is 2. The van der Waals surface area contributed by atoms with E-state index in [0.29, 0.717) is 24.1 Å². The van der Waals surface area contributed by atoms with E-state index in [0.717, 1.165) is 0 Å². The molecule has 0 atom stereocenters. The summed E-state index contributed by atoms with van der Waals surface area (Å²) in [5.74, 6) is -0.611. The summed E-state index contributed by atoms with van der Waals surface area (Å²) in [5.41, 5.74) is 9.10. The van der Waals surface area contributed by atoms with Crippen LogP contribution in [-0.4, -0.2) is 12.3 Å². The van der Waals surface area contributed by atoms with Crippen molar-refractivity contribution in [1.82, 2.24) is 0 Å². The minimum atomic E-state index is -0.429. The Labute approximate surface area is 98.4 Å². The SMILES string of the molecule is CC(=O)c1cc(F)ccc1C=CCCN=[N+]=[N-]. The quantitative estimate of drug-likeness (QED) is 0.251. The summed E-state index contributed by atoms with van der Waals surface area (Å²) in [6, 6.07) is 4.07. The molecule has 0 fully saturated rings. The van der Waals surface area contributed by atoms with Crippen LogP contribution in [0.3, 0.4) is 0 Å².